The molecule has 1 aliphatic heterocycles. The van der Waals surface area contributed by atoms with Crippen LogP contribution in [-0.4, -0.2) is 59.0 Å². The van der Waals surface area contributed by atoms with E-state index in [0.717, 1.165) is 19.3 Å². The van der Waals surface area contributed by atoms with E-state index in [2.05, 4.69) is 28.7 Å². The molecule has 8 heteroatoms. The van der Waals surface area contributed by atoms with Gasteiger partial charge in [0.1, 0.15) is 5.75 Å². The molecule has 0 aromatic heterocycles. The number of piperazine rings is 1. The number of carbonyl (C=O) groups excluding carboxylic acids is 1. The number of halogens is 3. The molecule has 0 radical (unpaired) electrons. The van der Waals surface area contributed by atoms with E-state index in [9.17, 15) is 23.1 Å². The van der Waals surface area contributed by atoms with Gasteiger partial charge in [0.15, 0.2) is 0 Å². The highest BCUT2D eigenvalue weighted by Crippen LogP contribution is 2.42. The molecule has 1 unspecified atom stereocenters. The minimum atomic E-state index is -4.83. The van der Waals surface area contributed by atoms with Crippen molar-refractivity contribution in [2.24, 2.45) is 0 Å². The van der Waals surface area contributed by atoms with Crippen LogP contribution in [0.15, 0.2) is 54.6 Å². The Kier molecular flexibility index (Phi) is 7.71. The quantitative estimate of drug-likeness (QED) is 0.600. The average Bonchev–Trinajstić information content (AvgIpc) is 2.84. The topological polar surface area (TPSA) is 53.0 Å². The predicted octanol–water partition coefficient (Wildman–Crippen LogP) is 5.27. The monoisotopic (exact) mass is 490 g/mol. The third-order valence-corrected chi connectivity index (χ3v) is 7.38. The summed E-state index contributed by atoms with van der Waals surface area (Å²) in [5, 5.41) is 11.6. The van der Waals surface area contributed by atoms with Crippen molar-refractivity contribution in [2.75, 3.05) is 26.2 Å². The van der Waals surface area contributed by atoms with Crippen LogP contribution < -0.4 is 4.74 Å². The van der Waals surface area contributed by atoms with Gasteiger partial charge < -0.3 is 14.7 Å². The number of nitrogens with zero attached hydrogens (tertiary/aromatic N) is 2. The molecule has 35 heavy (non-hydrogen) atoms. The van der Waals surface area contributed by atoms with Gasteiger partial charge in [-0.2, -0.15) is 0 Å². The summed E-state index contributed by atoms with van der Waals surface area (Å²) in [4.78, 5) is 17.9. The number of alkyl halides is 3. The summed E-state index contributed by atoms with van der Waals surface area (Å²) in [6.07, 6.45) is -1.41. The van der Waals surface area contributed by atoms with Crippen molar-refractivity contribution in [3.05, 3.63) is 65.7 Å². The molecule has 1 saturated carbocycles. The van der Waals surface area contributed by atoms with Crippen LogP contribution in [0.5, 0.6) is 5.75 Å². The van der Waals surface area contributed by atoms with Crippen LogP contribution in [0.1, 0.15) is 62.1 Å². The Bertz CT molecular complexity index is 985. The first-order chi connectivity index (χ1) is 16.7. The van der Waals surface area contributed by atoms with E-state index in [1.807, 2.05) is 18.2 Å². The molecule has 5 nitrogen and oxygen atoms in total. The normalized spacial score (nSPS) is 20.8. The van der Waals surface area contributed by atoms with Gasteiger partial charge in [0, 0.05) is 32.2 Å². The van der Waals surface area contributed by atoms with Crippen LogP contribution in [0.2, 0.25) is 0 Å². The lowest BCUT2D eigenvalue weighted by molar-refractivity contribution is -0.274. The Morgan fingerprint density at radius 2 is 1.57 bits per heavy atom. The van der Waals surface area contributed by atoms with E-state index < -0.39 is 17.9 Å². The van der Waals surface area contributed by atoms with Crippen molar-refractivity contribution < 1.29 is 27.8 Å². The summed E-state index contributed by atoms with van der Waals surface area (Å²) in [6.45, 7) is 4.52. The molecule has 2 aromatic rings. The van der Waals surface area contributed by atoms with Gasteiger partial charge in [-0.1, -0.05) is 61.7 Å². The van der Waals surface area contributed by atoms with Crippen molar-refractivity contribution in [3.63, 3.8) is 0 Å². The zero-order chi connectivity index (χ0) is 25.1. The van der Waals surface area contributed by atoms with Gasteiger partial charge in [-0.15, -0.1) is 13.2 Å². The molecule has 0 spiro atoms. The van der Waals surface area contributed by atoms with Gasteiger partial charge in [0.2, 0.25) is 5.91 Å². The largest absolute Gasteiger partial charge is 0.573 e. The van der Waals surface area contributed by atoms with E-state index >= 15 is 0 Å². The van der Waals surface area contributed by atoms with Crippen LogP contribution >= 0.6 is 0 Å². The number of hydrogen-bond acceptors (Lipinski definition) is 4. The summed E-state index contributed by atoms with van der Waals surface area (Å²) in [5.41, 5.74) is 0.282. The summed E-state index contributed by atoms with van der Waals surface area (Å²) < 4.78 is 42.6. The summed E-state index contributed by atoms with van der Waals surface area (Å²) in [6, 6.07) is 15.9. The molecule has 190 valence electrons. The second-order valence-corrected chi connectivity index (χ2v) is 9.67. The number of aliphatic hydroxyl groups is 1. The first kappa shape index (κ1) is 25.5. The van der Waals surface area contributed by atoms with Crippen LogP contribution in [0.4, 0.5) is 13.2 Å². The Morgan fingerprint density at radius 3 is 2.20 bits per heavy atom. The predicted molar refractivity (Wildman–Crippen MR) is 127 cm³/mol. The first-order valence-corrected chi connectivity index (χ1v) is 12.3. The van der Waals surface area contributed by atoms with Gasteiger partial charge in [-0.3, -0.25) is 9.69 Å². The molecular weight excluding hydrogens is 457 g/mol. The van der Waals surface area contributed by atoms with Crippen molar-refractivity contribution in [3.8, 4) is 5.75 Å². The standard InChI is InChI=1S/C27H33F3N2O3/c1-20(21-9-4-2-5-10-21)31-15-17-32(18-16-31)25(33)24(26(34)13-6-3-7-14-26)22-11-8-12-23(19-22)35-27(28,29)30/h2,4-5,8-12,19-20,24,34H,3,6-7,13-18H2,1H3/t20-,24?/m0/s1. The molecule has 4 rings (SSSR count). The Labute approximate surface area is 204 Å². The van der Waals surface area contributed by atoms with Crippen LogP contribution in [0.3, 0.4) is 0 Å². The lowest BCUT2D eigenvalue weighted by Gasteiger charge is -2.43. The lowest BCUT2D eigenvalue weighted by Crippen LogP contribution is -2.54. The number of carbonyl (C=O) groups is 1. The molecule has 2 aliphatic rings. The zero-order valence-corrected chi connectivity index (χ0v) is 20.0. The third-order valence-electron chi connectivity index (χ3n) is 7.38. The molecule has 1 amide bonds. The fraction of sp³-hybridized carbons (Fsp3) is 0.519. The van der Waals surface area contributed by atoms with Crippen LogP contribution in [0.25, 0.3) is 0 Å². The second kappa shape index (κ2) is 10.6. The van der Waals surface area contributed by atoms with Crippen LogP contribution in [0, 0.1) is 0 Å². The fourth-order valence-electron chi connectivity index (χ4n) is 5.48. The molecule has 0 bridgehead atoms. The Hall–Kier alpha value is -2.58. The Morgan fingerprint density at radius 1 is 0.943 bits per heavy atom. The molecule has 2 aromatic carbocycles. The number of rotatable bonds is 6. The SMILES string of the molecule is C[C@@H](c1ccccc1)N1CCN(C(=O)C(c2cccc(OC(F)(F)F)c2)C2(O)CCCCC2)CC1. The van der Waals surface area contributed by atoms with Gasteiger partial charge in [-0.25, -0.2) is 0 Å². The fourth-order valence-corrected chi connectivity index (χ4v) is 5.48. The molecular formula is C27H33F3N2O3. The maximum Gasteiger partial charge on any atom is 0.573 e. The number of amides is 1. The molecule has 1 aliphatic carbocycles. The smallest absolute Gasteiger partial charge is 0.406 e. The zero-order valence-electron chi connectivity index (χ0n) is 20.0. The average molecular weight is 491 g/mol. The van der Waals surface area contributed by atoms with E-state index in [0.29, 0.717) is 44.6 Å². The highest BCUT2D eigenvalue weighted by Gasteiger charge is 2.45. The van der Waals surface area contributed by atoms with E-state index in [4.69, 9.17) is 0 Å². The Balaban J connectivity index is 1.53. The minimum Gasteiger partial charge on any atom is -0.406 e. The van der Waals surface area contributed by atoms with Crippen LogP contribution in [-0.2, 0) is 4.79 Å². The number of benzene rings is 2. The molecule has 2 fully saturated rings. The second-order valence-electron chi connectivity index (χ2n) is 9.67. The molecule has 1 saturated heterocycles. The molecule has 1 N–H and O–H groups in total. The lowest BCUT2D eigenvalue weighted by atomic mass is 9.72. The summed E-state index contributed by atoms with van der Waals surface area (Å²) in [7, 11) is 0. The summed E-state index contributed by atoms with van der Waals surface area (Å²) >= 11 is 0. The van der Waals surface area contributed by atoms with E-state index in [1.54, 1.807) is 11.0 Å². The van der Waals surface area contributed by atoms with Crippen molar-refractivity contribution >= 4 is 5.91 Å². The first-order valence-electron chi connectivity index (χ1n) is 12.3. The summed E-state index contributed by atoms with van der Waals surface area (Å²) in [5.74, 6) is -1.54. The van der Waals surface area contributed by atoms with E-state index in [-0.39, 0.29) is 17.7 Å². The highest BCUT2D eigenvalue weighted by molar-refractivity contribution is 5.85. The molecule has 2 atom stereocenters. The van der Waals surface area contributed by atoms with Crippen molar-refractivity contribution in [1.29, 1.82) is 0 Å². The van der Waals surface area contributed by atoms with Gasteiger partial charge in [0.05, 0.1) is 11.5 Å². The number of hydrogen-bond donors (Lipinski definition) is 1. The van der Waals surface area contributed by atoms with E-state index in [1.165, 1.54) is 23.8 Å². The van der Waals surface area contributed by atoms with Gasteiger partial charge in [0.25, 0.3) is 0 Å². The van der Waals surface area contributed by atoms with Gasteiger partial charge in [-0.05, 0) is 43.0 Å². The van der Waals surface area contributed by atoms with Crippen molar-refractivity contribution in [1.82, 2.24) is 9.80 Å². The van der Waals surface area contributed by atoms with Crippen molar-refractivity contribution in [2.45, 2.75) is 63.0 Å². The number of ether oxygens (including phenoxy) is 1. The minimum absolute atomic E-state index is 0.211. The molecule has 1 heterocycles. The third kappa shape index (κ3) is 6.16. The van der Waals surface area contributed by atoms with Gasteiger partial charge >= 0.3 is 6.36 Å². The maximum atomic E-state index is 13.8. The highest BCUT2D eigenvalue weighted by atomic mass is 19.4. The maximum absolute atomic E-state index is 13.8.